The molecule has 2 aliphatic heterocycles. The van der Waals surface area contributed by atoms with Gasteiger partial charge in [-0.05, 0) is 38.4 Å². The van der Waals surface area contributed by atoms with Crippen molar-refractivity contribution < 1.29 is 0 Å². The fourth-order valence-corrected chi connectivity index (χ4v) is 3.22. The summed E-state index contributed by atoms with van der Waals surface area (Å²) < 4.78 is 0. The maximum atomic E-state index is 6.18. The van der Waals surface area contributed by atoms with Crippen LogP contribution in [0.1, 0.15) is 19.3 Å². The molecule has 4 nitrogen and oxygen atoms in total. The first kappa shape index (κ1) is 12.5. The van der Waals surface area contributed by atoms with Crippen LogP contribution in [0, 0.1) is 0 Å². The first-order valence-corrected chi connectivity index (χ1v) is 7.10. The van der Waals surface area contributed by atoms with Crippen molar-refractivity contribution in [1.29, 1.82) is 0 Å². The lowest BCUT2D eigenvalue weighted by atomic mass is 10.1. The summed E-state index contributed by atoms with van der Waals surface area (Å²) in [5, 5.41) is 0. The lowest BCUT2D eigenvalue weighted by Gasteiger charge is -2.26. The van der Waals surface area contributed by atoms with Crippen molar-refractivity contribution in [3.8, 4) is 0 Å². The summed E-state index contributed by atoms with van der Waals surface area (Å²) in [6.07, 6.45) is 3.82. The van der Waals surface area contributed by atoms with Crippen molar-refractivity contribution in [1.82, 2.24) is 9.80 Å². The maximum absolute atomic E-state index is 6.18. The molecule has 2 atom stereocenters. The number of hydrogen-bond acceptors (Lipinski definition) is 2. The largest absolute Gasteiger partial charge is 0.369 e. The van der Waals surface area contributed by atoms with Crippen LogP contribution in [0.15, 0.2) is 35.3 Å². The molecule has 2 fully saturated rings. The summed E-state index contributed by atoms with van der Waals surface area (Å²) in [6, 6.07) is 11.3. The zero-order chi connectivity index (χ0) is 13.2. The smallest absolute Gasteiger partial charge is 0.196 e. The third-order valence-corrected chi connectivity index (χ3v) is 4.47. The summed E-state index contributed by atoms with van der Waals surface area (Å²) >= 11 is 0. The van der Waals surface area contributed by atoms with Crippen LogP contribution in [-0.2, 0) is 0 Å². The molecule has 102 valence electrons. The molecule has 1 aromatic carbocycles. The molecule has 2 heterocycles. The lowest BCUT2D eigenvalue weighted by Crippen LogP contribution is -2.43. The minimum Gasteiger partial charge on any atom is -0.369 e. The molecule has 0 aliphatic carbocycles. The number of nitrogens with zero attached hydrogens (tertiary/aromatic N) is 3. The van der Waals surface area contributed by atoms with E-state index in [2.05, 4.69) is 21.8 Å². The Labute approximate surface area is 114 Å². The van der Waals surface area contributed by atoms with Gasteiger partial charge in [-0.3, -0.25) is 4.90 Å². The minimum atomic E-state index is 0.636. The third-order valence-electron chi connectivity index (χ3n) is 4.47. The van der Waals surface area contributed by atoms with Crippen LogP contribution in [-0.4, -0.2) is 48.0 Å². The van der Waals surface area contributed by atoms with Crippen molar-refractivity contribution in [2.75, 3.05) is 20.1 Å². The van der Waals surface area contributed by atoms with Crippen molar-refractivity contribution >= 4 is 11.6 Å². The van der Waals surface area contributed by atoms with E-state index in [1.807, 2.05) is 30.3 Å². The van der Waals surface area contributed by atoms with E-state index in [-0.39, 0.29) is 0 Å². The molecule has 19 heavy (non-hydrogen) atoms. The zero-order valence-electron chi connectivity index (χ0n) is 11.5. The molecule has 0 spiro atoms. The molecular weight excluding hydrogens is 236 g/mol. The predicted octanol–water partition coefficient (Wildman–Crippen LogP) is 1.80. The van der Waals surface area contributed by atoms with Gasteiger partial charge < -0.3 is 10.6 Å². The molecule has 2 bridgehead atoms. The van der Waals surface area contributed by atoms with Crippen LogP contribution >= 0.6 is 0 Å². The van der Waals surface area contributed by atoms with Gasteiger partial charge in [-0.1, -0.05) is 18.2 Å². The summed E-state index contributed by atoms with van der Waals surface area (Å²) in [5.74, 6) is 0.659. The summed E-state index contributed by atoms with van der Waals surface area (Å²) in [6.45, 7) is 2.03. The highest BCUT2D eigenvalue weighted by Gasteiger charge is 2.35. The Kier molecular flexibility index (Phi) is 3.42. The molecule has 2 N–H and O–H groups in total. The molecule has 0 saturated carbocycles. The molecule has 0 radical (unpaired) electrons. The van der Waals surface area contributed by atoms with Crippen molar-refractivity contribution in [3.05, 3.63) is 30.3 Å². The van der Waals surface area contributed by atoms with Crippen LogP contribution in [0.25, 0.3) is 0 Å². The van der Waals surface area contributed by atoms with E-state index in [9.17, 15) is 0 Å². The zero-order valence-corrected chi connectivity index (χ0v) is 11.5. The van der Waals surface area contributed by atoms with E-state index < -0.39 is 0 Å². The summed E-state index contributed by atoms with van der Waals surface area (Å²) in [5.41, 5.74) is 7.12. The number of aliphatic imine (C=N–C) groups is 1. The second-order valence-electron chi connectivity index (χ2n) is 5.59. The van der Waals surface area contributed by atoms with Crippen LogP contribution in [0.5, 0.6) is 0 Å². The van der Waals surface area contributed by atoms with Crippen LogP contribution < -0.4 is 5.73 Å². The molecule has 2 saturated heterocycles. The Hall–Kier alpha value is -1.55. The van der Waals surface area contributed by atoms with E-state index in [1.165, 1.54) is 19.3 Å². The van der Waals surface area contributed by atoms with Crippen LogP contribution in [0.4, 0.5) is 5.69 Å². The van der Waals surface area contributed by atoms with Gasteiger partial charge in [-0.25, -0.2) is 4.99 Å². The molecular formula is C15H22N4. The number of hydrogen-bond donors (Lipinski definition) is 1. The SMILES string of the molecule is CN1C2CCC1CN(C(N)=Nc1ccccc1)CC2. The lowest BCUT2D eigenvalue weighted by molar-refractivity contribution is 0.245. The first-order chi connectivity index (χ1) is 9.24. The molecule has 1 aromatic rings. The molecule has 2 unspecified atom stereocenters. The van der Waals surface area contributed by atoms with Gasteiger partial charge in [-0.2, -0.15) is 0 Å². The average molecular weight is 258 g/mol. The number of likely N-dealkylation sites (N-methyl/N-ethyl adjacent to an activating group) is 1. The predicted molar refractivity (Wildman–Crippen MR) is 78.5 cm³/mol. The second-order valence-corrected chi connectivity index (χ2v) is 5.59. The number of fused-ring (bicyclic) bond motifs is 2. The fourth-order valence-electron chi connectivity index (χ4n) is 3.22. The van der Waals surface area contributed by atoms with Gasteiger partial charge in [0, 0.05) is 25.2 Å². The van der Waals surface area contributed by atoms with Gasteiger partial charge >= 0.3 is 0 Å². The quantitative estimate of drug-likeness (QED) is 0.617. The van der Waals surface area contributed by atoms with E-state index in [0.29, 0.717) is 12.0 Å². The molecule has 0 amide bonds. The van der Waals surface area contributed by atoms with E-state index >= 15 is 0 Å². The molecule has 2 aliphatic rings. The van der Waals surface area contributed by atoms with Crippen LogP contribution in [0.3, 0.4) is 0 Å². The Morgan fingerprint density at radius 3 is 2.68 bits per heavy atom. The number of rotatable bonds is 1. The highest BCUT2D eigenvalue weighted by atomic mass is 15.3. The van der Waals surface area contributed by atoms with E-state index in [1.54, 1.807) is 0 Å². The number of likely N-dealkylation sites (tertiary alicyclic amines) is 1. The normalized spacial score (nSPS) is 28.5. The van der Waals surface area contributed by atoms with Crippen molar-refractivity contribution in [2.45, 2.75) is 31.3 Å². The Bertz CT molecular complexity index is 456. The number of para-hydroxylation sites is 1. The fraction of sp³-hybridized carbons (Fsp3) is 0.533. The Balaban J connectivity index is 1.74. The van der Waals surface area contributed by atoms with Gasteiger partial charge in [-0.15, -0.1) is 0 Å². The number of nitrogens with two attached hydrogens (primary N) is 1. The second kappa shape index (κ2) is 5.21. The molecule has 0 aromatic heterocycles. The highest BCUT2D eigenvalue weighted by molar-refractivity contribution is 5.81. The number of guanidine groups is 1. The standard InChI is InChI=1S/C15H22N4/c1-18-13-7-8-14(18)11-19(10-9-13)15(16)17-12-5-3-2-4-6-12/h2-6,13-14H,7-11H2,1H3,(H2,16,17). The number of benzene rings is 1. The average Bonchev–Trinajstić information content (AvgIpc) is 2.64. The van der Waals surface area contributed by atoms with Gasteiger partial charge in [0.05, 0.1) is 5.69 Å². The summed E-state index contributed by atoms with van der Waals surface area (Å²) in [4.78, 5) is 9.30. The van der Waals surface area contributed by atoms with Gasteiger partial charge in [0.25, 0.3) is 0 Å². The van der Waals surface area contributed by atoms with Crippen LogP contribution in [0.2, 0.25) is 0 Å². The van der Waals surface area contributed by atoms with Gasteiger partial charge in [0.1, 0.15) is 0 Å². The van der Waals surface area contributed by atoms with E-state index in [4.69, 9.17) is 5.73 Å². The Morgan fingerprint density at radius 1 is 1.16 bits per heavy atom. The minimum absolute atomic E-state index is 0.636. The Morgan fingerprint density at radius 2 is 1.89 bits per heavy atom. The molecule has 3 rings (SSSR count). The van der Waals surface area contributed by atoms with Gasteiger partial charge in [0.15, 0.2) is 5.96 Å². The third kappa shape index (κ3) is 2.59. The van der Waals surface area contributed by atoms with E-state index in [0.717, 1.165) is 24.8 Å². The molecule has 4 heteroatoms. The van der Waals surface area contributed by atoms with Gasteiger partial charge in [0.2, 0.25) is 0 Å². The monoisotopic (exact) mass is 258 g/mol. The van der Waals surface area contributed by atoms with Crippen molar-refractivity contribution in [3.63, 3.8) is 0 Å². The maximum Gasteiger partial charge on any atom is 0.196 e. The highest BCUT2D eigenvalue weighted by Crippen LogP contribution is 2.28. The van der Waals surface area contributed by atoms with Crippen molar-refractivity contribution in [2.24, 2.45) is 10.7 Å². The topological polar surface area (TPSA) is 44.9 Å². The first-order valence-electron chi connectivity index (χ1n) is 7.10. The summed E-state index contributed by atoms with van der Waals surface area (Å²) in [7, 11) is 2.25.